The van der Waals surface area contributed by atoms with Gasteiger partial charge in [0.05, 0.1) is 29.8 Å². The molecule has 2 aromatic rings. The van der Waals surface area contributed by atoms with Crippen LogP contribution in [0.2, 0.25) is 0 Å². The average molecular weight is 469 g/mol. The summed E-state index contributed by atoms with van der Waals surface area (Å²) in [4.78, 5) is 37.7. The van der Waals surface area contributed by atoms with Gasteiger partial charge in [0.25, 0.3) is 17.4 Å². The van der Waals surface area contributed by atoms with Gasteiger partial charge in [0.2, 0.25) is 0 Å². The molecule has 0 saturated carbocycles. The number of likely N-dealkylation sites (tertiary alicyclic amines) is 1. The summed E-state index contributed by atoms with van der Waals surface area (Å²) in [6.07, 6.45) is 1.92. The number of benzene rings is 2. The maximum absolute atomic E-state index is 13.0. The molecule has 1 heterocycles. The van der Waals surface area contributed by atoms with Gasteiger partial charge in [-0.2, -0.15) is 0 Å². The van der Waals surface area contributed by atoms with Crippen LogP contribution in [-0.4, -0.2) is 53.5 Å². The standard InChI is InChI=1S/C25H28N2O7/c1-4-5-13-34-20-11-8-18(15-16(20)2)23(28)21-22(17-6-9-19(10-7-17)27(31)32)26(12-14-33-3)25(30)24(21)29/h6-11,15,22,28H,4-5,12-14H2,1-3H3. The molecule has 2 aromatic carbocycles. The molecule has 9 heteroatoms. The summed E-state index contributed by atoms with van der Waals surface area (Å²) in [5, 5.41) is 22.2. The van der Waals surface area contributed by atoms with Crippen molar-refractivity contribution >= 4 is 23.1 Å². The van der Waals surface area contributed by atoms with E-state index < -0.39 is 22.7 Å². The van der Waals surface area contributed by atoms with Gasteiger partial charge in [0, 0.05) is 31.4 Å². The van der Waals surface area contributed by atoms with E-state index in [1.165, 1.54) is 36.3 Å². The molecule has 0 spiro atoms. The van der Waals surface area contributed by atoms with E-state index in [0.29, 0.717) is 23.5 Å². The van der Waals surface area contributed by atoms with Gasteiger partial charge < -0.3 is 19.5 Å². The summed E-state index contributed by atoms with van der Waals surface area (Å²) in [6, 6.07) is 9.73. The van der Waals surface area contributed by atoms with Crippen LogP contribution in [0.4, 0.5) is 5.69 Å². The van der Waals surface area contributed by atoms with Gasteiger partial charge >= 0.3 is 0 Å². The number of aliphatic hydroxyl groups excluding tert-OH is 1. The topological polar surface area (TPSA) is 119 Å². The monoisotopic (exact) mass is 468 g/mol. The van der Waals surface area contributed by atoms with Gasteiger partial charge in [-0.3, -0.25) is 19.7 Å². The van der Waals surface area contributed by atoms with Crippen LogP contribution in [0.15, 0.2) is 48.0 Å². The lowest BCUT2D eigenvalue weighted by molar-refractivity contribution is -0.384. The van der Waals surface area contributed by atoms with Crippen LogP contribution in [0.25, 0.3) is 5.76 Å². The van der Waals surface area contributed by atoms with Crippen molar-refractivity contribution in [1.29, 1.82) is 0 Å². The normalized spacial score (nSPS) is 17.3. The van der Waals surface area contributed by atoms with Crippen molar-refractivity contribution < 1.29 is 29.1 Å². The number of carbonyl (C=O) groups excluding carboxylic acids is 2. The fraction of sp³-hybridized carbons (Fsp3) is 0.360. The number of ether oxygens (including phenoxy) is 2. The molecule has 1 aliphatic heterocycles. The Bertz CT molecular complexity index is 1110. The lowest BCUT2D eigenvalue weighted by Gasteiger charge is -2.25. The number of carbonyl (C=O) groups is 2. The highest BCUT2D eigenvalue weighted by Gasteiger charge is 2.46. The molecule has 9 nitrogen and oxygen atoms in total. The van der Waals surface area contributed by atoms with Gasteiger partial charge in [-0.1, -0.05) is 13.3 Å². The quantitative estimate of drug-likeness (QED) is 0.139. The first-order chi connectivity index (χ1) is 16.3. The van der Waals surface area contributed by atoms with Crippen LogP contribution >= 0.6 is 0 Å². The molecule has 0 bridgehead atoms. The highest BCUT2D eigenvalue weighted by Crippen LogP contribution is 2.40. The molecule has 1 atom stereocenters. The molecule has 1 aliphatic rings. The predicted molar refractivity (Wildman–Crippen MR) is 126 cm³/mol. The number of aryl methyl sites for hydroxylation is 1. The number of ketones is 1. The van der Waals surface area contributed by atoms with E-state index in [4.69, 9.17) is 9.47 Å². The lowest BCUT2D eigenvalue weighted by Crippen LogP contribution is -2.32. The molecule has 1 unspecified atom stereocenters. The lowest BCUT2D eigenvalue weighted by atomic mass is 9.94. The summed E-state index contributed by atoms with van der Waals surface area (Å²) < 4.78 is 10.8. The van der Waals surface area contributed by atoms with Gasteiger partial charge in [-0.15, -0.1) is 0 Å². The minimum atomic E-state index is -0.906. The number of hydrogen-bond acceptors (Lipinski definition) is 7. The summed E-state index contributed by atoms with van der Waals surface area (Å²) in [5.74, 6) is -1.22. The average Bonchev–Trinajstić information content (AvgIpc) is 3.08. The molecule has 0 aliphatic carbocycles. The minimum Gasteiger partial charge on any atom is -0.507 e. The second-order valence-corrected chi connectivity index (χ2v) is 8.02. The highest BCUT2D eigenvalue weighted by molar-refractivity contribution is 6.46. The van der Waals surface area contributed by atoms with E-state index >= 15 is 0 Å². The predicted octanol–water partition coefficient (Wildman–Crippen LogP) is 4.15. The Morgan fingerprint density at radius 1 is 1.15 bits per heavy atom. The molecular formula is C25H28N2O7. The zero-order valence-electron chi connectivity index (χ0n) is 19.4. The fourth-order valence-corrected chi connectivity index (χ4v) is 3.87. The number of unbranched alkanes of at least 4 members (excludes halogenated alkanes) is 1. The Hall–Kier alpha value is -3.72. The fourth-order valence-electron chi connectivity index (χ4n) is 3.87. The first-order valence-corrected chi connectivity index (χ1v) is 11.1. The van der Waals surface area contributed by atoms with Crippen LogP contribution < -0.4 is 4.74 Å². The number of nitro benzene ring substituents is 1. The second-order valence-electron chi connectivity index (χ2n) is 8.02. The molecule has 0 radical (unpaired) electrons. The first kappa shape index (κ1) is 24.9. The number of aliphatic hydroxyl groups is 1. The van der Waals surface area contributed by atoms with Crippen LogP contribution in [0.1, 0.15) is 42.5 Å². The van der Waals surface area contributed by atoms with Gasteiger partial charge in [-0.05, 0) is 54.8 Å². The Morgan fingerprint density at radius 3 is 2.44 bits per heavy atom. The number of nitrogens with zero attached hydrogens (tertiary/aromatic N) is 2. The molecule has 1 amide bonds. The van der Waals surface area contributed by atoms with E-state index in [-0.39, 0.29) is 30.2 Å². The van der Waals surface area contributed by atoms with Gasteiger partial charge in [0.15, 0.2) is 0 Å². The van der Waals surface area contributed by atoms with Crippen molar-refractivity contribution in [1.82, 2.24) is 4.90 Å². The maximum atomic E-state index is 13.0. The Balaban J connectivity index is 2.06. The van der Waals surface area contributed by atoms with E-state index in [1.54, 1.807) is 18.2 Å². The van der Waals surface area contributed by atoms with Gasteiger partial charge in [0.1, 0.15) is 11.5 Å². The Morgan fingerprint density at radius 2 is 1.85 bits per heavy atom. The van der Waals surface area contributed by atoms with Crippen molar-refractivity contribution in [3.8, 4) is 5.75 Å². The third kappa shape index (κ3) is 5.09. The summed E-state index contributed by atoms with van der Waals surface area (Å²) in [5.41, 5.74) is 1.43. The van der Waals surface area contributed by atoms with Crippen molar-refractivity contribution in [3.05, 3.63) is 74.8 Å². The van der Waals surface area contributed by atoms with Crippen molar-refractivity contribution in [2.24, 2.45) is 0 Å². The Kier molecular flexibility index (Phi) is 8.01. The van der Waals surface area contributed by atoms with Crippen molar-refractivity contribution in [3.63, 3.8) is 0 Å². The SMILES string of the molecule is CCCCOc1ccc(C(O)=C2C(=O)C(=O)N(CCOC)C2c2ccc([N+](=O)[O-])cc2)cc1C. The van der Waals surface area contributed by atoms with E-state index in [9.17, 15) is 24.8 Å². The van der Waals surface area contributed by atoms with E-state index in [0.717, 1.165) is 18.4 Å². The molecule has 0 aromatic heterocycles. The van der Waals surface area contributed by atoms with Crippen molar-refractivity contribution in [2.45, 2.75) is 32.7 Å². The van der Waals surface area contributed by atoms with Crippen LogP contribution in [0.3, 0.4) is 0 Å². The largest absolute Gasteiger partial charge is 0.507 e. The molecule has 1 fully saturated rings. The molecule has 1 N–H and O–H groups in total. The van der Waals surface area contributed by atoms with Crippen LogP contribution in [0.5, 0.6) is 5.75 Å². The molecule has 3 rings (SSSR count). The number of methoxy groups -OCH3 is 1. The van der Waals surface area contributed by atoms with Crippen LogP contribution in [0, 0.1) is 17.0 Å². The van der Waals surface area contributed by atoms with Crippen LogP contribution in [-0.2, 0) is 14.3 Å². The summed E-state index contributed by atoms with van der Waals surface area (Å²) in [7, 11) is 1.48. The van der Waals surface area contributed by atoms with E-state index in [2.05, 4.69) is 6.92 Å². The molecular weight excluding hydrogens is 440 g/mol. The zero-order chi connectivity index (χ0) is 24.8. The zero-order valence-corrected chi connectivity index (χ0v) is 19.4. The second kappa shape index (κ2) is 10.9. The maximum Gasteiger partial charge on any atom is 0.295 e. The number of Topliss-reactive ketones (excluding diaryl/α,β-unsaturated/α-hetero) is 1. The summed E-state index contributed by atoms with van der Waals surface area (Å²) in [6.45, 7) is 4.78. The smallest absolute Gasteiger partial charge is 0.295 e. The third-order valence-electron chi connectivity index (χ3n) is 5.70. The number of non-ortho nitro benzene ring substituents is 1. The molecule has 180 valence electrons. The summed E-state index contributed by atoms with van der Waals surface area (Å²) >= 11 is 0. The number of amides is 1. The number of nitro groups is 1. The molecule has 1 saturated heterocycles. The number of rotatable bonds is 10. The first-order valence-electron chi connectivity index (χ1n) is 11.1. The Labute approximate surface area is 197 Å². The van der Waals surface area contributed by atoms with E-state index in [1.807, 2.05) is 6.92 Å². The third-order valence-corrected chi connectivity index (χ3v) is 5.70. The minimum absolute atomic E-state index is 0.0750. The highest BCUT2D eigenvalue weighted by atomic mass is 16.6. The molecule has 34 heavy (non-hydrogen) atoms. The number of hydrogen-bond donors (Lipinski definition) is 1. The van der Waals surface area contributed by atoms with Gasteiger partial charge in [-0.25, -0.2) is 0 Å². The van der Waals surface area contributed by atoms with Crippen molar-refractivity contribution in [2.75, 3.05) is 26.9 Å².